The number of phenolic OH excluding ortho intramolecular Hbond substituents is 2. The zero-order valence-electron chi connectivity index (χ0n) is 15.2. The number of nitrogens with zero attached hydrogens (tertiary/aromatic N) is 2. The van der Waals surface area contributed by atoms with Crippen molar-refractivity contribution in [2.45, 2.75) is 0 Å². The Bertz CT molecular complexity index is 974. The molecule has 142 valence electrons. The van der Waals surface area contributed by atoms with Gasteiger partial charge in [0.25, 0.3) is 0 Å². The van der Waals surface area contributed by atoms with E-state index in [1.165, 1.54) is 6.07 Å². The molecule has 0 spiro atoms. The van der Waals surface area contributed by atoms with Crippen molar-refractivity contribution in [2.75, 3.05) is 26.0 Å². The number of benzene rings is 2. The summed E-state index contributed by atoms with van der Waals surface area (Å²) in [6, 6.07) is 9.77. The van der Waals surface area contributed by atoms with Crippen molar-refractivity contribution in [3.8, 4) is 11.5 Å². The first-order valence-electron chi connectivity index (χ1n) is 7.98. The zero-order chi connectivity index (χ0) is 19.0. The van der Waals surface area contributed by atoms with E-state index in [1.807, 2.05) is 19.0 Å². The molecule has 0 heterocycles. The van der Waals surface area contributed by atoms with E-state index in [9.17, 15) is 20.4 Å². The predicted molar refractivity (Wildman–Crippen MR) is 107 cm³/mol. The molecule has 0 amide bonds. The maximum atomic E-state index is 10.4. The van der Waals surface area contributed by atoms with Crippen molar-refractivity contribution in [1.82, 2.24) is 0 Å². The van der Waals surface area contributed by atoms with Gasteiger partial charge < -0.3 is 30.8 Å². The third-order valence-electron chi connectivity index (χ3n) is 4.28. The molecule has 0 fully saturated rings. The summed E-state index contributed by atoms with van der Waals surface area (Å²) in [7, 11) is 5.32. The highest BCUT2D eigenvalue weighted by Gasteiger charge is 2.34. The lowest BCUT2D eigenvalue weighted by Gasteiger charge is -2.25. The smallest absolute Gasteiger partial charge is 0.139 e. The number of aromatic hydroxyl groups is 2. The summed E-state index contributed by atoms with van der Waals surface area (Å²) in [6.07, 6.45) is 1.59. The molecular weight excluding hydrogens is 348 g/mol. The lowest BCUT2D eigenvalue weighted by molar-refractivity contribution is 0.386. The van der Waals surface area contributed by atoms with Crippen molar-refractivity contribution in [3.63, 3.8) is 0 Å². The molecule has 0 aliphatic heterocycles. The molecule has 27 heavy (non-hydrogen) atoms. The fraction of sp³-hybridized carbons (Fsp3) is 0.150. The van der Waals surface area contributed by atoms with Crippen LogP contribution in [-0.4, -0.2) is 53.3 Å². The normalized spacial score (nSPS) is 13.6. The standard InChI is InChI=1S/C20H20N2O4.H2O/c1-21-10-11-4-6-13(15(23)8-11)17-19(25)18(20(17)26)14-7-5-12(22(2)3)9-16(14)24;/h4-10,23-26H,1-3H3;1H2. The minimum Gasteiger partial charge on any atom is -0.507 e. The summed E-state index contributed by atoms with van der Waals surface area (Å²) >= 11 is 0. The van der Waals surface area contributed by atoms with Crippen LogP contribution in [0.1, 0.15) is 16.7 Å². The van der Waals surface area contributed by atoms with E-state index in [0.717, 1.165) is 5.69 Å². The number of aliphatic hydroxyl groups excluding tert-OH is 2. The summed E-state index contributed by atoms with van der Waals surface area (Å²) < 4.78 is 0. The Hall–Kier alpha value is -3.45. The highest BCUT2D eigenvalue weighted by Crippen LogP contribution is 2.48. The van der Waals surface area contributed by atoms with Crippen LogP contribution in [-0.2, 0) is 0 Å². The molecule has 0 saturated carbocycles. The van der Waals surface area contributed by atoms with Crippen molar-refractivity contribution >= 4 is 23.0 Å². The molecule has 3 rings (SSSR count). The van der Waals surface area contributed by atoms with Crippen LogP contribution in [0, 0.1) is 0 Å². The third kappa shape index (κ3) is 3.32. The van der Waals surface area contributed by atoms with E-state index in [4.69, 9.17) is 0 Å². The molecule has 7 nitrogen and oxygen atoms in total. The average molecular weight is 370 g/mol. The molecule has 1 aliphatic carbocycles. The molecular formula is C20H22N2O5. The maximum absolute atomic E-state index is 10.4. The van der Waals surface area contributed by atoms with Crippen LogP contribution in [0.3, 0.4) is 0 Å². The van der Waals surface area contributed by atoms with Crippen molar-refractivity contribution in [2.24, 2.45) is 4.99 Å². The number of anilines is 1. The fourth-order valence-electron chi connectivity index (χ4n) is 2.92. The van der Waals surface area contributed by atoms with Gasteiger partial charge in [-0.1, -0.05) is 6.07 Å². The number of rotatable bonds is 4. The van der Waals surface area contributed by atoms with E-state index in [0.29, 0.717) is 16.7 Å². The molecule has 2 aromatic carbocycles. The first-order valence-corrected chi connectivity index (χ1v) is 7.98. The number of aliphatic hydroxyl groups is 2. The summed E-state index contributed by atoms with van der Waals surface area (Å²) in [5.74, 6) is -0.492. The van der Waals surface area contributed by atoms with Gasteiger partial charge in [0, 0.05) is 50.2 Å². The van der Waals surface area contributed by atoms with Gasteiger partial charge in [-0.3, -0.25) is 4.99 Å². The van der Waals surface area contributed by atoms with E-state index in [1.54, 1.807) is 43.6 Å². The topological polar surface area (TPSA) is 128 Å². The number of hydrogen-bond acceptors (Lipinski definition) is 6. The second-order valence-electron chi connectivity index (χ2n) is 6.21. The van der Waals surface area contributed by atoms with Gasteiger partial charge in [0.05, 0.1) is 11.1 Å². The summed E-state index contributed by atoms with van der Waals surface area (Å²) in [5, 5.41) is 41.3. The Labute approximate surface area is 156 Å². The van der Waals surface area contributed by atoms with Gasteiger partial charge in [0.2, 0.25) is 0 Å². The summed E-state index contributed by atoms with van der Waals surface area (Å²) in [6.45, 7) is 0. The van der Waals surface area contributed by atoms with Gasteiger partial charge in [-0.25, -0.2) is 0 Å². The molecule has 0 radical (unpaired) electrons. The Kier molecular flexibility index (Phi) is 5.47. The van der Waals surface area contributed by atoms with Gasteiger partial charge >= 0.3 is 0 Å². The highest BCUT2D eigenvalue weighted by molar-refractivity contribution is 6.08. The largest absolute Gasteiger partial charge is 0.507 e. The van der Waals surface area contributed by atoms with Crippen LogP contribution >= 0.6 is 0 Å². The van der Waals surface area contributed by atoms with Gasteiger partial charge in [-0.15, -0.1) is 0 Å². The minimum atomic E-state index is -0.178. The Balaban J connectivity index is 0.00000261. The number of aliphatic imine (C=N–C) groups is 1. The van der Waals surface area contributed by atoms with Crippen LogP contribution in [0.2, 0.25) is 0 Å². The Morgan fingerprint density at radius 3 is 1.78 bits per heavy atom. The average Bonchev–Trinajstić information content (AvgIpc) is 2.59. The van der Waals surface area contributed by atoms with Gasteiger partial charge in [0.1, 0.15) is 23.0 Å². The molecule has 7 heteroatoms. The van der Waals surface area contributed by atoms with E-state index in [-0.39, 0.29) is 39.6 Å². The Morgan fingerprint density at radius 2 is 1.33 bits per heavy atom. The number of allylic oxidation sites excluding steroid dienone is 2. The van der Waals surface area contributed by atoms with Gasteiger partial charge in [0.15, 0.2) is 0 Å². The van der Waals surface area contributed by atoms with E-state index >= 15 is 0 Å². The van der Waals surface area contributed by atoms with Crippen molar-refractivity contribution in [1.29, 1.82) is 0 Å². The van der Waals surface area contributed by atoms with Crippen LogP contribution in [0.25, 0.3) is 11.1 Å². The SMILES string of the molecule is CN=Cc1ccc(C2=C(O)C(c3ccc(N(C)C)cc3O)=C2O)c(O)c1.O. The van der Waals surface area contributed by atoms with Crippen LogP contribution in [0.4, 0.5) is 5.69 Å². The van der Waals surface area contributed by atoms with Crippen LogP contribution in [0.15, 0.2) is 52.9 Å². The molecule has 0 unspecified atom stereocenters. The monoisotopic (exact) mass is 370 g/mol. The zero-order valence-corrected chi connectivity index (χ0v) is 15.2. The first kappa shape index (κ1) is 19.9. The highest BCUT2D eigenvalue weighted by atomic mass is 16.3. The summed E-state index contributed by atoms with van der Waals surface area (Å²) in [5.41, 5.74) is 2.42. The van der Waals surface area contributed by atoms with Gasteiger partial charge in [-0.2, -0.15) is 0 Å². The quantitative estimate of drug-likeness (QED) is 0.615. The second-order valence-corrected chi connectivity index (χ2v) is 6.21. The van der Waals surface area contributed by atoms with Crippen molar-refractivity contribution < 1.29 is 25.9 Å². The minimum absolute atomic E-state index is 0. The predicted octanol–water partition coefficient (Wildman–Crippen LogP) is 2.64. The Morgan fingerprint density at radius 1 is 0.815 bits per heavy atom. The van der Waals surface area contributed by atoms with Crippen LogP contribution in [0.5, 0.6) is 11.5 Å². The lowest BCUT2D eigenvalue weighted by Crippen LogP contribution is -2.12. The molecule has 0 bridgehead atoms. The molecule has 0 saturated heterocycles. The molecule has 0 aromatic heterocycles. The summed E-state index contributed by atoms with van der Waals surface area (Å²) in [4.78, 5) is 5.71. The van der Waals surface area contributed by atoms with E-state index in [2.05, 4.69) is 4.99 Å². The molecule has 2 aromatic rings. The number of hydrogen-bond donors (Lipinski definition) is 4. The van der Waals surface area contributed by atoms with Crippen molar-refractivity contribution in [3.05, 3.63) is 64.6 Å². The first-order chi connectivity index (χ1) is 12.3. The fourth-order valence-corrected chi connectivity index (χ4v) is 2.92. The second kappa shape index (κ2) is 7.43. The molecule has 0 atom stereocenters. The lowest BCUT2D eigenvalue weighted by atomic mass is 9.83. The van der Waals surface area contributed by atoms with Crippen LogP contribution < -0.4 is 4.90 Å². The van der Waals surface area contributed by atoms with E-state index < -0.39 is 0 Å². The maximum Gasteiger partial charge on any atom is 0.139 e. The molecule has 6 N–H and O–H groups in total. The molecule has 1 aliphatic rings. The number of phenols is 2. The van der Waals surface area contributed by atoms with Gasteiger partial charge in [-0.05, 0) is 29.8 Å². The third-order valence-corrected chi connectivity index (χ3v) is 4.28.